The number of rotatable bonds is 4. The Labute approximate surface area is 144 Å². The van der Waals surface area contributed by atoms with Crippen LogP contribution in [0.3, 0.4) is 0 Å². The minimum atomic E-state index is 0.548. The van der Waals surface area contributed by atoms with E-state index in [1.165, 1.54) is 11.1 Å². The van der Waals surface area contributed by atoms with Crippen LogP contribution in [0.4, 0.5) is 23.1 Å². The molecule has 0 bridgehead atoms. The Morgan fingerprint density at radius 3 is 2.52 bits per heavy atom. The summed E-state index contributed by atoms with van der Waals surface area (Å²) in [5.74, 6) is 1.30. The lowest BCUT2D eigenvalue weighted by Gasteiger charge is -2.11. The average Bonchev–Trinajstić information content (AvgIpc) is 2.53. The molecule has 0 aliphatic heterocycles. The van der Waals surface area contributed by atoms with E-state index >= 15 is 0 Å². The summed E-state index contributed by atoms with van der Waals surface area (Å²) < 4.78 is 0.969. The first kappa shape index (κ1) is 15.5. The number of benzene rings is 2. The molecule has 23 heavy (non-hydrogen) atoms. The van der Waals surface area contributed by atoms with Crippen LogP contribution in [-0.4, -0.2) is 9.97 Å². The standard InChI is InChI=1S/C18H17BrN4/c1-12-7-8-15(13(2)11-12)21-17-9-10-20-18(23-17)22-16-6-4-3-5-14(16)19/h3-11H,1-2H3,(H2,20,21,22,23). The van der Waals surface area contributed by atoms with E-state index in [1.807, 2.05) is 30.3 Å². The van der Waals surface area contributed by atoms with E-state index in [4.69, 9.17) is 0 Å². The molecule has 4 nitrogen and oxygen atoms in total. The fraction of sp³-hybridized carbons (Fsp3) is 0.111. The zero-order valence-electron chi connectivity index (χ0n) is 13.0. The normalized spacial score (nSPS) is 10.4. The van der Waals surface area contributed by atoms with Crippen LogP contribution in [0.25, 0.3) is 0 Å². The fourth-order valence-electron chi connectivity index (χ4n) is 2.26. The number of hydrogen-bond donors (Lipinski definition) is 2. The van der Waals surface area contributed by atoms with Gasteiger partial charge in [-0.05, 0) is 59.6 Å². The van der Waals surface area contributed by atoms with Gasteiger partial charge in [0, 0.05) is 16.4 Å². The van der Waals surface area contributed by atoms with E-state index in [-0.39, 0.29) is 0 Å². The lowest BCUT2D eigenvalue weighted by atomic mass is 10.1. The lowest BCUT2D eigenvalue weighted by molar-refractivity contribution is 1.16. The molecule has 0 amide bonds. The lowest BCUT2D eigenvalue weighted by Crippen LogP contribution is -2.01. The van der Waals surface area contributed by atoms with Crippen molar-refractivity contribution in [3.05, 3.63) is 70.3 Å². The Balaban J connectivity index is 1.81. The highest BCUT2D eigenvalue weighted by molar-refractivity contribution is 9.10. The summed E-state index contributed by atoms with van der Waals surface area (Å²) in [7, 11) is 0. The van der Waals surface area contributed by atoms with Crippen molar-refractivity contribution in [3.8, 4) is 0 Å². The quantitative estimate of drug-likeness (QED) is 0.652. The van der Waals surface area contributed by atoms with Crippen molar-refractivity contribution in [1.29, 1.82) is 0 Å². The van der Waals surface area contributed by atoms with Gasteiger partial charge in [-0.15, -0.1) is 0 Å². The smallest absolute Gasteiger partial charge is 0.229 e. The summed E-state index contributed by atoms with van der Waals surface area (Å²) in [5.41, 5.74) is 4.40. The third-order valence-electron chi connectivity index (χ3n) is 3.42. The number of aryl methyl sites for hydroxylation is 2. The molecule has 2 N–H and O–H groups in total. The molecule has 0 unspecified atom stereocenters. The van der Waals surface area contributed by atoms with Gasteiger partial charge in [0.1, 0.15) is 5.82 Å². The number of anilines is 4. The van der Waals surface area contributed by atoms with Gasteiger partial charge in [-0.3, -0.25) is 0 Å². The summed E-state index contributed by atoms with van der Waals surface area (Å²) in [6.07, 6.45) is 1.73. The van der Waals surface area contributed by atoms with E-state index in [9.17, 15) is 0 Å². The molecule has 0 aliphatic rings. The van der Waals surface area contributed by atoms with Crippen LogP contribution >= 0.6 is 15.9 Å². The van der Waals surface area contributed by atoms with Gasteiger partial charge in [-0.2, -0.15) is 4.98 Å². The van der Waals surface area contributed by atoms with Crippen molar-refractivity contribution in [2.24, 2.45) is 0 Å². The van der Waals surface area contributed by atoms with Crippen LogP contribution in [0.1, 0.15) is 11.1 Å². The van der Waals surface area contributed by atoms with Crippen molar-refractivity contribution < 1.29 is 0 Å². The number of hydrogen-bond acceptors (Lipinski definition) is 4. The minimum Gasteiger partial charge on any atom is -0.340 e. The Hall–Kier alpha value is -2.40. The highest BCUT2D eigenvalue weighted by Gasteiger charge is 2.04. The van der Waals surface area contributed by atoms with Gasteiger partial charge in [-0.1, -0.05) is 29.8 Å². The van der Waals surface area contributed by atoms with Crippen LogP contribution in [-0.2, 0) is 0 Å². The number of nitrogens with zero attached hydrogens (tertiary/aromatic N) is 2. The molecule has 0 radical (unpaired) electrons. The largest absolute Gasteiger partial charge is 0.340 e. The molecule has 0 spiro atoms. The van der Waals surface area contributed by atoms with E-state index in [0.29, 0.717) is 5.95 Å². The summed E-state index contributed by atoms with van der Waals surface area (Å²) >= 11 is 3.51. The Morgan fingerprint density at radius 1 is 0.913 bits per heavy atom. The summed E-state index contributed by atoms with van der Waals surface area (Å²) in [4.78, 5) is 8.78. The van der Waals surface area contributed by atoms with Gasteiger partial charge in [0.15, 0.2) is 0 Å². The molecule has 116 valence electrons. The van der Waals surface area contributed by atoms with E-state index in [2.05, 4.69) is 68.6 Å². The molecule has 2 aromatic carbocycles. The van der Waals surface area contributed by atoms with E-state index < -0.39 is 0 Å². The first-order valence-electron chi connectivity index (χ1n) is 7.31. The maximum absolute atomic E-state index is 4.51. The second-order valence-corrected chi connectivity index (χ2v) is 6.17. The Bertz CT molecular complexity index is 833. The third-order valence-corrected chi connectivity index (χ3v) is 4.11. The zero-order valence-corrected chi connectivity index (χ0v) is 14.6. The minimum absolute atomic E-state index is 0.548. The molecule has 0 atom stereocenters. The highest BCUT2D eigenvalue weighted by atomic mass is 79.9. The van der Waals surface area contributed by atoms with Gasteiger partial charge >= 0.3 is 0 Å². The molecule has 3 aromatic rings. The second kappa shape index (κ2) is 6.79. The molecule has 1 heterocycles. The fourth-order valence-corrected chi connectivity index (χ4v) is 2.65. The van der Waals surface area contributed by atoms with Crippen molar-refractivity contribution in [2.75, 3.05) is 10.6 Å². The molecular formula is C18H17BrN4. The highest BCUT2D eigenvalue weighted by Crippen LogP contribution is 2.25. The van der Waals surface area contributed by atoms with Gasteiger partial charge in [0.2, 0.25) is 5.95 Å². The number of para-hydroxylation sites is 1. The maximum atomic E-state index is 4.51. The summed E-state index contributed by atoms with van der Waals surface area (Å²) in [6.45, 7) is 4.16. The molecule has 0 saturated heterocycles. The second-order valence-electron chi connectivity index (χ2n) is 5.31. The van der Waals surface area contributed by atoms with Crippen LogP contribution in [0, 0.1) is 13.8 Å². The molecular weight excluding hydrogens is 352 g/mol. The van der Waals surface area contributed by atoms with Crippen LogP contribution in [0.2, 0.25) is 0 Å². The predicted molar refractivity (Wildman–Crippen MR) is 98.7 cm³/mol. The summed E-state index contributed by atoms with van der Waals surface area (Å²) in [5, 5.41) is 6.55. The van der Waals surface area contributed by atoms with Gasteiger partial charge in [0.05, 0.1) is 5.69 Å². The molecule has 5 heteroatoms. The summed E-state index contributed by atoms with van der Waals surface area (Å²) in [6, 6.07) is 16.0. The molecule has 1 aromatic heterocycles. The van der Waals surface area contributed by atoms with Crippen molar-refractivity contribution in [1.82, 2.24) is 9.97 Å². The molecule has 3 rings (SSSR count). The van der Waals surface area contributed by atoms with Crippen molar-refractivity contribution in [2.45, 2.75) is 13.8 Å². The zero-order chi connectivity index (χ0) is 16.2. The van der Waals surface area contributed by atoms with E-state index in [1.54, 1.807) is 6.20 Å². The number of aromatic nitrogens is 2. The van der Waals surface area contributed by atoms with Crippen molar-refractivity contribution >= 4 is 39.1 Å². The van der Waals surface area contributed by atoms with Crippen LogP contribution in [0.5, 0.6) is 0 Å². The molecule has 0 aliphatic carbocycles. The van der Waals surface area contributed by atoms with E-state index in [0.717, 1.165) is 21.7 Å². The average molecular weight is 369 g/mol. The van der Waals surface area contributed by atoms with Gasteiger partial charge < -0.3 is 10.6 Å². The Morgan fingerprint density at radius 2 is 1.74 bits per heavy atom. The number of nitrogens with one attached hydrogen (secondary N) is 2. The first-order chi connectivity index (χ1) is 11.1. The Kier molecular flexibility index (Phi) is 4.57. The van der Waals surface area contributed by atoms with Crippen LogP contribution < -0.4 is 10.6 Å². The predicted octanol–water partition coefficient (Wildman–Crippen LogP) is 5.34. The number of halogens is 1. The van der Waals surface area contributed by atoms with Crippen LogP contribution in [0.15, 0.2) is 59.2 Å². The topological polar surface area (TPSA) is 49.8 Å². The molecule has 0 saturated carbocycles. The van der Waals surface area contributed by atoms with Crippen molar-refractivity contribution in [3.63, 3.8) is 0 Å². The monoisotopic (exact) mass is 368 g/mol. The SMILES string of the molecule is Cc1ccc(Nc2ccnc(Nc3ccccc3Br)n2)c(C)c1. The maximum Gasteiger partial charge on any atom is 0.229 e. The van der Waals surface area contributed by atoms with Gasteiger partial charge in [-0.25, -0.2) is 4.98 Å². The third kappa shape index (κ3) is 3.87. The van der Waals surface area contributed by atoms with Gasteiger partial charge in [0.25, 0.3) is 0 Å². The molecule has 0 fully saturated rings. The first-order valence-corrected chi connectivity index (χ1v) is 8.10.